The second-order valence-corrected chi connectivity index (χ2v) is 2.78. The van der Waals surface area contributed by atoms with Crippen molar-refractivity contribution in [2.45, 2.75) is 0 Å². The minimum Gasteiger partial charge on any atom is -0.479 e. The van der Waals surface area contributed by atoms with Crippen LogP contribution in [0.25, 0.3) is 0 Å². The van der Waals surface area contributed by atoms with Crippen LogP contribution in [-0.2, 0) is 4.79 Å². The van der Waals surface area contributed by atoms with Crippen molar-refractivity contribution < 1.29 is 14.6 Å². The van der Waals surface area contributed by atoms with Crippen LogP contribution >= 0.6 is 15.9 Å². The molecule has 0 saturated heterocycles. The average molecular weight is 233 g/mol. The zero-order chi connectivity index (χ0) is 8.97. The Morgan fingerprint density at radius 2 is 2.17 bits per heavy atom. The van der Waals surface area contributed by atoms with Gasteiger partial charge < -0.3 is 9.84 Å². The highest BCUT2D eigenvalue weighted by Gasteiger charge is 2.00. The predicted octanol–water partition coefficient (Wildman–Crippen LogP) is 0.703. The maximum absolute atomic E-state index is 10.0. The lowest BCUT2D eigenvalue weighted by Crippen LogP contribution is -2.10. The minimum atomic E-state index is -1.05. The Morgan fingerprint density at radius 1 is 1.58 bits per heavy atom. The molecule has 1 rings (SSSR count). The number of nitrogens with zero attached hydrogens (tertiary/aromatic N) is 2. The molecule has 1 aromatic rings. The number of hydrogen-bond acceptors (Lipinski definition) is 4. The van der Waals surface area contributed by atoms with Crippen LogP contribution in [0.5, 0.6) is 6.01 Å². The van der Waals surface area contributed by atoms with Gasteiger partial charge in [0.1, 0.15) is 0 Å². The zero-order valence-corrected chi connectivity index (χ0v) is 7.48. The number of carboxylic acid groups (broad SMARTS) is 1. The summed E-state index contributed by atoms with van der Waals surface area (Å²) in [6.07, 6.45) is 2.95. The van der Waals surface area contributed by atoms with E-state index in [9.17, 15) is 4.79 Å². The van der Waals surface area contributed by atoms with E-state index in [4.69, 9.17) is 5.11 Å². The first kappa shape index (κ1) is 8.92. The number of aromatic nitrogens is 2. The van der Waals surface area contributed by atoms with E-state index in [2.05, 4.69) is 30.6 Å². The van der Waals surface area contributed by atoms with Gasteiger partial charge in [0.2, 0.25) is 0 Å². The van der Waals surface area contributed by atoms with Gasteiger partial charge in [-0.05, 0) is 15.9 Å². The summed E-state index contributed by atoms with van der Waals surface area (Å²) in [6.45, 7) is -0.429. The monoisotopic (exact) mass is 232 g/mol. The third-order valence-corrected chi connectivity index (χ3v) is 1.33. The third kappa shape index (κ3) is 2.83. The SMILES string of the molecule is O=C(O)COc1ncc(Br)cn1. The van der Waals surface area contributed by atoms with Crippen LogP contribution in [0.4, 0.5) is 0 Å². The van der Waals surface area contributed by atoms with Gasteiger partial charge >= 0.3 is 12.0 Å². The lowest BCUT2D eigenvalue weighted by atomic mass is 10.7. The van der Waals surface area contributed by atoms with E-state index in [0.717, 1.165) is 0 Å². The average Bonchev–Trinajstić information content (AvgIpc) is 2.03. The number of aliphatic carboxylic acids is 1. The van der Waals surface area contributed by atoms with Gasteiger partial charge in [-0.1, -0.05) is 0 Å². The number of halogens is 1. The van der Waals surface area contributed by atoms with Crippen molar-refractivity contribution >= 4 is 21.9 Å². The standard InChI is InChI=1S/C6H5BrN2O3/c7-4-1-8-6(9-2-4)12-3-5(10)11/h1-2H,3H2,(H,10,11). The second kappa shape index (κ2) is 4.01. The van der Waals surface area contributed by atoms with Crippen molar-refractivity contribution in [2.75, 3.05) is 6.61 Å². The fraction of sp³-hybridized carbons (Fsp3) is 0.167. The smallest absolute Gasteiger partial charge is 0.341 e. The Morgan fingerprint density at radius 3 is 2.67 bits per heavy atom. The molecule has 0 aliphatic rings. The summed E-state index contributed by atoms with van der Waals surface area (Å²) in [4.78, 5) is 17.5. The number of carbonyl (C=O) groups is 1. The largest absolute Gasteiger partial charge is 0.479 e. The molecule has 0 unspecified atom stereocenters. The Hall–Kier alpha value is -1.17. The molecule has 0 bridgehead atoms. The Labute approximate surface area is 76.5 Å². The van der Waals surface area contributed by atoms with Crippen LogP contribution in [0.2, 0.25) is 0 Å². The molecule has 0 fully saturated rings. The lowest BCUT2D eigenvalue weighted by molar-refractivity contribution is -0.139. The Balaban J connectivity index is 2.53. The summed E-state index contributed by atoms with van der Waals surface area (Å²) in [5, 5.41) is 8.24. The molecule has 5 nitrogen and oxygen atoms in total. The van der Waals surface area contributed by atoms with Gasteiger partial charge in [0.15, 0.2) is 6.61 Å². The van der Waals surface area contributed by atoms with Crippen LogP contribution in [0.3, 0.4) is 0 Å². The number of carboxylic acids is 1. The molecular formula is C6H5BrN2O3. The van der Waals surface area contributed by atoms with Crippen molar-refractivity contribution in [1.82, 2.24) is 9.97 Å². The predicted molar refractivity (Wildman–Crippen MR) is 42.9 cm³/mol. The number of ether oxygens (including phenoxy) is 1. The fourth-order valence-electron chi connectivity index (χ4n) is 0.501. The van der Waals surface area contributed by atoms with Crippen LogP contribution in [0, 0.1) is 0 Å². The molecule has 0 atom stereocenters. The maximum Gasteiger partial charge on any atom is 0.341 e. The first-order chi connectivity index (χ1) is 5.68. The van der Waals surface area contributed by atoms with Crippen LogP contribution in [0.1, 0.15) is 0 Å². The lowest BCUT2D eigenvalue weighted by Gasteiger charge is -1.98. The molecule has 6 heteroatoms. The molecular weight excluding hydrogens is 228 g/mol. The molecule has 0 aliphatic carbocycles. The van der Waals surface area contributed by atoms with Crippen molar-refractivity contribution in [2.24, 2.45) is 0 Å². The first-order valence-electron chi connectivity index (χ1n) is 3.00. The molecule has 0 aliphatic heterocycles. The molecule has 64 valence electrons. The van der Waals surface area contributed by atoms with Crippen molar-refractivity contribution in [1.29, 1.82) is 0 Å². The van der Waals surface area contributed by atoms with Gasteiger partial charge in [-0.25, -0.2) is 14.8 Å². The van der Waals surface area contributed by atoms with Crippen molar-refractivity contribution in [3.8, 4) is 6.01 Å². The second-order valence-electron chi connectivity index (χ2n) is 1.87. The minimum absolute atomic E-state index is 0.0561. The summed E-state index contributed by atoms with van der Waals surface area (Å²) >= 11 is 3.13. The highest BCUT2D eigenvalue weighted by atomic mass is 79.9. The van der Waals surface area contributed by atoms with E-state index in [1.807, 2.05) is 0 Å². The molecule has 12 heavy (non-hydrogen) atoms. The molecule has 0 aromatic carbocycles. The van der Waals surface area contributed by atoms with E-state index in [1.165, 1.54) is 12.4 Å². The molecule has 1 aromatic heterocycles. The van der Waals surface area contributed by atoms with Crippen LogP contribution in [-0.4, -0.2) is 27.7 Å². The van der Waals surface area contributed by atoms with Gasteiger partial charge in [-0.3, -0.25) is 0 Å². The highest BCUT2D eigenvalue weighted by Crippen LogP contribution is 2.07. The maximum atomic E-state index is 10.0. The summed E-state index contributed by atoms with van der Waals surface area (Å²) in [5.74, 6) is -1.05. The quantitative estimate of drug-likeness (QED) is 0.831. The molecule has 0 amide bonds. The Bertz CT molecular complexity index is 275. The molecule has 1 heterocycles. The van der Waals surface area contributed by atoms with E-state index in [0.29, 0.717) is 4.47 Å². The van der Waals surface area contributed by atoms with Gasteiger partial charge in [-0.2, -0.15) is 0 Å². The van der Waals surface area contributed by atoms with Gasteiger partial charge in [-0.15, -0.1) is 0 Å². The van der Waals surface area contributed by atoms with Gasteiger partial charge in [0, 0.05) is 12.4 Å². The van der Waals surface area contributed by atoms with Crippen LogP contribution in [0.15, 0.2) is 16.9 Å². The van der Waals surface area contributed by atoms with E-state index < -0.39 is 12.6 Å². The summed E-state index contributed by atoms with van der Waals surface area (Å²) in [5.41, 5.74) is 0. The molecule has 0 radical (unpaired) electrons. The van der Waals surface area contributed by atoms with E-state index >= 15 is 0 Å². The summed E-state index contributed by atoms with van der Waals surface area (Å²) < 4.78 is 5.39. The summed E-state index contributed by atoms with van der Waals surface area (Å²) in [7, 11) is 0. The zero-order valence-electron chi connectivity index (χ0n) is 5.90. The molecule has 0 spiro atoms. The molecule has 0 saturated carbocycles. The van der Waals surface area contributed by atoms with Crippen molar-refractivity contribution in [3.63, 3.8) is 0 Å². The number of hydrogen-bond donors (Lipinski definition) is 1. The van der Waals surface area contributed by atoms with Gasteiger partial charge in [0.05, 0.1) is 4.47 Å². The van der Waals surface area contributed by atoms with E-state index in [1.54, 1.807) is 0 Å². The third-order valence-electron chi connectivity index (χ3n) is 0.921. The normalized spacial score (nSPS) is 9.42. The van der Waals surface area contributed by atoms with Crippen LogP contribution < -0.4 is 4.74 Å². The highest BCUT2D eigenvalue weighted by molar-refractivity contribution is 9.10. The summed E-state index contributed by atoms with van der Waals surface area (Å²) in [6, 6.07) is 0.0561. The Kier molecular flexibility index (Phi) is 2.98. The van der Waals surface area contributed by atoms with E-state index in [-0.39, 0.29) is 6.01 Å². The van der Waals surface area contributed by atoms with Crippen molar-refractivity contribution in [3.05, 3.63) is 16.9 Å². The first-order valence-corrected chi connectivity index (χ1v) is 3.80. The topological polar surface area (TPSA) is 72.3 Å². The number of rotatable bonds is 3. The molecule has 1 N–H and O–H groups in total. The fourth-order valence-corrected chi connectivity index (χ4v) is 0.706. The van der Waals surface area contributed by atoms with Gasteiger partial charge in [0.25, 0.3) is 0 Å².